The monoisotopic (exact) mass is 415 g/mol. The first kappa shape index (κ1) is 20.3. The lowest BCUT2D eigenvalue weighted by atomic mass is 10.1. The maximum atomic E-state index is 14.0. The van der Waals surface area contributed by atoms with Gasteiger partial charge in [0.25, 0.3) is 5.91 Å². The number of amides is 1. The van der Waals surface area contributed by atoms with Crippen molar-refractivity contribution in [2.45, 2.75) is 13.1 Å². The molecule has 0 fully saturated rings. The number of aromatic nitrogens is 2. The third kappa shape index (κ3) is 4.80. The molecule has 1 amide bonds. The summed E-state index contributed by atoms with van der Waals surface area (Å²) in [7, 11) is 1.39. The molecule has 0 bridgehead atoms. The highest BCUT2D eigenvalue weighted by molar-refractivity contribution is 5.94. The first-order chi connectivity index (χ1) is 15.1. The van der Waals surface area contributed by atoms with Gasteiger partial charge in [0, 0.05) is 29.4 Å². The van der Waals surface area contributed by atoms with Crippen LogP contribution >= 0.6 is 0 Å². The summed E-state index contributed by atoms with van der Waals surface area (Å²) in [6.45, 7) is 0.893. The molecule has 0 aliphatic carbocycles. The van der Waals surface area contributed by atoms with Gasteiger partial charge in [0.15, 0.2) is 11.6 Å². The van der Waals surface area contributed by atoms with E-state index in [4.69, 9.17) is 9.84 Å². The standard InChI is InChI=1S/C25H22FN3O2/c1-31-23-13-12-20(14-22(23)26)25(30)27-15-21-17-29(16-18-8-4-2-5-9-18)28-24(21)19-10-6-3-7-11-19/h2-14,17H,15-16H2,1H3,(H,27,30). The van der Waals surface area contributed by atoms with Gasteiger partial charge < -0.3 is 10.1 Å². The number of hydrogen-bond acceptors (Lipinski definition) is 3. The van der Waals surface area contributed by atoms with Crippen LogP contribution < -0.4 is 10.1 Å². The lowest BCUT2D eigenvalue weighted by Gasteiger charge is -2.07. The minimum absolute atomic E-state index is 0.102. The largest absolute Gasteiger partial charge is 0.494 e. The predicted molar refractivity (Wildman–Crippen MR) is 117 cm³/mol. The van der Waals surface area contributed by atoms with E-state index in [9.17, 15) is 9.18 Å². The summed E-state index contributed by atoms with van der Waals surface area (Å²) in [4.78, 5) is 12.6. The van der Waals surface area contributed by atoms with Crippen LogP contribution in [0.5, 0.6) is 5.75 Å². The van der Waals surface area contributed by atoms with Crippen LogP contribution in [0.15, 0.2) is 85.1 Å². The van der Waals surface area contributed by atoms with Gasteiger partial charge in [-0.1, -0.05) is 60.7 Å². The van der Waals surface area contributed by atoms with E-state index in [0.29, 0.717) is 6.54 Å². The number of nitrogens with one attached hydrogen (secondary N) is 1. The number of hydrogen-bond donors (Lipinski definition) is 1. The topological polar surface area (TPSA) is 56.1 Å². The maximum absolute atomic E-state index is 14.0. The van der Waals surface area contributed by atoms with E-state index >= 15 is 0 Å². The molecule has 0 radical (unpaired) electrons. The Labute approximate surface area is 180 Å². The number of nitrogens with zero attached hydrogens (tertiary/aromatic N) is 2. The SMILES string of the molecule is COc1ccc(C(=O)NCc2cn(Cc3ccccc3)nc2-c2ccccc2)cc1F. The van der Waals surface area contributed by atoms with Gasteiger partial charge in [0.2, 0.25) is 0 Å². The summed E-state index contributed by atoms with van der Waals surface area (Å²) in [5, 5.41) is 7.62. The molecule has 0 unspecified atom stereocenters. The Bertz CT molecular complexity index is 1170. The van der Waals surface area contributed by atoms with Crippen LogP contribution in [0.1, 0.15) is 21.5 Å². The summed E-state index contributed by atoms with van der Waals surface area (Å²) in [6.07, 6.45) is 1.93. The summed E-state index contributed by atoms with van der Waals surface area (Å²) in [5.74, 6) is -0.836. The zero-order valence-corrected chi connectivity index (χ0v) is 17.1. The van der Waals surface area contributed by atoms with E-state index < -0.39 is 5.82 Å². The fraction of sp³-hybridized carbons (Fsp3) is 0.120. The van der Waals surface area contributed by atoms with Gasteiger partial charge in [-0.05, 0) is 23.8 Å². The first-order valence-corrected chi connectivity index (χ1v) is 9.91. The molecule has 4 rings (SSSR count). The molecule has 0 saturated carbocycles. The maximum Gasteiger partial charge on any atom is 0.251 e. The van der Waals surface area contributed by atoms with Crippen LogP contribution in [-0.2, 0) is 13.1 Å². The van der Waals surface area contributed by atoms with Crippen molar-refractivity contribution in [3.63, 3.8) is 0 Å². The number of rotatable bonds is 7. The molecule has 1 N–H and O–H groups in total. The fourth-order valence-electron chi connectivity index (χ4n) is 3.37. The first-order valence-electron chi connectivity index (χ1n) is 9.91. The van der Waals surface area contributed by atoms with Crippen molar-refractivity contribution in [2.24, 2.45) is 0 Å². The lowest BCUT2D eigenvalue weighted by molar-refractivity contribution is 0.0950. The number of methoxy groups -OCH3 is 1. The van der Waals surface area contributed by atoms with Gasteiger partial charge in [-0.3, -0.25) is 9.48 Å². The molecule has 1 aromatic heterocycles. The Morgan fingerprint density at radius 3 is 2.42 bits per heavy atom. The average Bonchev–Trinajstić information content (AvgIpc) is 3.21. The Morgan fingerprint density at radius 1 is 1.03 bits per heavy atom. The molecule has 1 heterocycles. The third-order valence-electron chi connectivity index (χ3n) is 4.93. The molecule has 5 nitrogen and oxygen atoms in total. The van der Waals surface area contributed by atoms with Crippen molar-refractivity contribution in [1.29, 1.82) is 0 Å². The van der Waals surface area contributed by atoms with Crippen molar-refractivity contribution in [1.82, 2.24) is 15.1 Å². The van der Waals surface area contributed by atoms with Gasteiger partial charge in [-0.2, -0.15) is 5.10 Å². The van der Waals surface area contributed by atoms with E-state index in [1.54, 1.807) is 0 Å². The summed E-state index contributed by atoms with van der Waals surface area (Å²) < 4.78 is 20.7. The highest BCUT2D eigenvalue weighted by Crippen LogP contribution is 2.23. The van der Waals surface area contributed by atoms with Crippen LogP contribution in [0.25, 0.3) is 11.3 Å². The highest BCUT2D eigenvalue weighted by Gasteiger charge is 2.14. The van der Waals surface area contributed by atoms with E-state index in [2.05, 4.69) is 5.32 Å². The minimum atomic E-state index is -0.573. The molecule has 0 atom stereocenters. The number of benzene rings is 3. The summed E-state index contributed by atoms with van der Waals surface area (Å²) >= 11 is 0. The predicted octanol–water partition coefficient (Wildman–Crippen LogP) is 4.68. The Hall–Kier alpha value is -3.93. The van der Waals surface area contributed by atoms with E-state index in [1.807, 2.05) is 71.5 Å². The number of halogens is 1. The molecular formula is C25H22FN3O2. The highest BCUT2D eigenvalue weighted by atomic mass is 19.1. The van der Waals surface area contributed by atoms with Crippen LogP contribution in [0, 0.1) is 5.82 Å². The second-order valence-electron chi connectivity index (χ2n) is 7.08. The molecule has 4 aromatic rings. The van der Waals surface area contributed by atoms with Crippen molar-refractivity contribution in [3.8, 4) is 17.0 Å². The van der Waals surface area contributed by atoms with Crippen molar-refractivity contribution in [3.05, 3.63) is 108 Å². The van der Waals surface area contributed by atoms with Crippen LogP contribution in [0.4, 0.5) is 4.39 Å². The number of carbonyl (C=O) groups excluding carboxylic acids is 1. The van der Waals surface area contributed by atoms with E-state index in [1.165, 1.54) is 25.3 Å². The molecule has 0 saturated heterocycles. The van der Waals surface area contributed by atoms with Gasteiger partial charge in [-0.15, -0.1) is 0 Å². The zero-order valence-electron chi connectivity index (χ0n) is 17.1. The molecule has 3 aromatic carbocycles. The van der Waals surface area contributed by atoms with Gasteiger partial charge in [-0.25, -0.2) is 4.39 Å². The van der Waals surface area contributed by atoms with Crippen LogP contribution in [0.3, 0.4) is 0 Å². The minimum Gasteiger partial charge on any atom is -0.494 e. The molecular weight excluding hydrogens is 393 g/mol. The lowest BCUT2D eigenvalue weighted by Crippen LogP contribution is -2.23. The quantitative estimate of drug-likeness (QED) is 0.477. The van der Waals surface area contributed by atoms with E-state index in [-0.39, 0.29) is 23.8 Å². The molecule has 156 valence electrons. The second-order valence-corrected chi connectivity index (χ2v) is 7.08. The zero-order chi connectivity index (χ0) is 21.6. The molecule has 31 heavy (non-hydrogen) atoms. The molecule has 6 heteroatoms. The molecule has 0 spiro atoms. The summed E-state index contributed by atoms with van der Waals surface area (Å²) in [6, 6.07) is 24.0. The second kappa shape index (κ2) is 9.26. The number of carbonyl (C=O) groups is 1. The van der Waals surface area contributed by atoms with Gasteiger partial charge >= 0.3 is 0 Å². The van der Waals surface area contributed by atoms with Crippen molar-refractivity contribution >= 4 is 5.91 Å². The fourth-order valence-corrected chi connectivity index (χ4v) is 3.37. The van der Waals surface area contributed by atoms with Crippen LogP contribution in [0.2, 0.25) is 0 Å². The Morgan fingerprint density at radius 2 is 1.74 bits per heavy atom. The molecule has 0 aliphatic rings. The van der Waals surface area contributed by atoms with E-state index in [0.717, 1.165) is 22.4 Å². The Kier molecular flexibility index (Phi) is 6.08. The normalized spacial score (nSPS) is 10.6. The summed E-state index contributed by atoms with van der Waals surface area (Å²) in [5.41, 5.74) is 4.02. The van der Waals surface area contributed by atoms with Crippen LogP contribution in [-0.4, -0.2) is 22.8 Å². The number of ether oxygens (including phenoxy) is 1. The smallest absolute Gasteiger partial charge is 0.251 e. The Balaban J connectivity index is 1.56. The van der Waals surface area contributed by atoms with Gasteiger partial charge in [0.05, 0.1) is 19.3 Å². The third-order valence-corrected chi connectivity index (χ3v) is 4.93. The molecule has 0 aliphatic heterocycles. The van der Waals surface area contributed by atoms with Gasteiger partial charge in [0.1, 0.15) is 0 Å². The average molecular weight is 415 g/mol. The van der Waals surface area contributed by atoms with Crippen molar-refractivity contribution < 1.29 is 13.9 Å². The van der Waals surface area contributed by atoms with Crippen molar-refractivity contribution in [2.75, 3.05) is 7.11 Å².